The van der Waals surface area contributed by atoms with E-state index >= 15 is 0 Å². The van der Waals surface area contributed by atoms with Crippen LogP contribution in [0, 0.1) is 5.82 Å². The van der Waals surface area contributed by atoms with Crippen molar-refractivity contribution in [1.29, 1.82) is 0 Å². The molecular formula is C22H23FN2O3. The molecular weight excluding hydrogens is 359 g/mol. The van der Waals surface area contributed by atoms with Crippen LogP contribution in [-0.4, -0.2) is 29.9 Å². The summed E-state index contributed by atoms with van der Waals surface area (Å²) in [5.41, 5.74) is 1.30. The number of hydrogen-bond donors (Lipinski definition) is 0. The second kappa shape index (κ2) is 8.69. The highest BCUT2D eigenvalue weighted by Gasteiger charge is 2.21. The molecule has 1 heterocycles. The number of amides is 1. The summed E-state index contributed by atoms with van der Waals surface area (Å²) in [5.74, 6) is 1.11. The Kier molecular flexibility index (Phi) is 6.09. The van der Waals surface area contributed by atoms with Crippen LogP contribution in [0.15, 0.2) is 59.1 Å². The number of halogens is 1. The van der Waals surface area contributed by atoms with Gasteiger partial charge in [-0.1, -0.05) is 30.3 Å². The highest BCUT2D eigenvalue weighted by molar-refractivity contribution is 5.76. The van der Waals surface area contributed by atoms with E-state index in [2.05, 4.69) is 4.98 Å². The van der Waals surface area contributed by atoms with Gasteiger partial charge in [0.15, 0.2) is 11.7 Å². The average Bonchev–Trinajstić information content (AvgIpc) is 3.20. The smallest absolute Gasteiger partial charge is 0.223 e. The molecule has 5 nitrogen and oxygen atoms in total. The fraction of sp³-hybridized carbons (Fsp3) is 0.273. The summed E-state index contributed by atoms with van der Waals surface area (Å²) in [6, 6.07) is 13.9. The Hall–Kier alpha value is -3.15. The van der Waals surface area contributed by atoms with E-state index in [4.69, 9.17) is 9.15 Å². The normalized spacial score (nSPS) is 11.9. The lowest BCUT2D eigenvalue weighted by Crippen LogP contribution is -2.30. The summed E-state index contributed by atoms with van der Waals surface area (Å²) in [4.78, 5) is 18.5. The van der Waals surface area contributed by atoms with Gasteiger partial charge in [-0.15, -0.1) is 0 Å². The minimum absolute atomic E-state index is 0.0379. The fourth-order valence-electron chi connectivity index (χ4n) is 3.04. The molecule has 0 saturated heterocycles. The Morgan fingerprint density at radius 1 is 1.21 bits per heavy atom. The topological polar surface area (TPSA) is 55.6 Å². The van der Waals surface area contributed by atoms with Crippen LogP contribution < -0.4 is 4.74 Å². The summed E-state index contributed by atoms with van der Waals surface area (Å²) in [6.07, 6.45) is 2.07. The summed E-state index contributed by atoms with van der Waals surface area (Å²) in [5, 5.41) is 0. The van der Waals surface area contributed by atoms with Crippen LogP contribution in [0.3, 0.4) is 0 Å². The average molecular weight is 382 g/mol. The number of nitrogens with zero attached hydrogens (tertiary/aromatic N) is 2. The summed E-state index contributed by atoms with van der Waals surface area (Å²) in [6.45, 7) is 1.96. The highest BCUT2D eigenvalue weighted by atomic mass is 19.1. The van der Waals surface area contributed by atoms with E-state index in [9.17, 15) is 9.18 Å². The standard InChI is InChI=1S/C22H23FN2O3/c1-15(16-8-5-7-11-19(16)27-3)25(2)22(26)13-12-21-24-14-20(28-21)17-9-4-6-10-18(17)23/h4-11,14-15H,12-13H2,1-3H3. The maximum absolute atomic E-state index is 13.9. The molecule has 1 unspecified atom stereocenters. The molecule has 6 heteroatoms. The molecule has 0 bridgehead atoms. The zero-order valence-electron chi connectivity index (χ0n) is 16.2. The lowest BCUT2D eigenvalue weighted by molar-refractivity contribution is -0.131. The Morgan fingerprint density at radius 2 is 1.93 bits per heavy atom. The van der Waals surface area contributed by atoms with Crippen molar-refractivity contribution in [3.05, 3.63) is 72.0 Å². The number of hydrogen-bond acceptors (Lipinski definition) is 4. The lowest BCUT2D eigenvalue weighted by atomic mass is 10.1. The molecule has 0 saturated carbocycles. The SMILES string of the molecule is COc1ccccc1C(C)N(C)C(=O)CCc1ncc(-c2ccccc2F)o1. The van der Waals surface area contributed by atoms with E-state index in [1.165, 1.54) is 12.3 Å². The molecule has 3 rings (SSSR count). The molecule has 3 aromatic rings. The van der Waals surface area contributed by atoms with Gasteiger partial charge < -0.3 is 14.1 Å². The van der Waals surface area contributed by atoms with E-state index in [0.29, 0.717) is 23.6 Å². The number of benzene rings is 2. The second-order valence-electron chi connectivity index (χ2n) is 6.52. The Morgan fingerprint density at radius 3 is 2.68 bits per heavy atom. The van der Waals surface area contributed by atoms with Gasteiger partial charge in [0.1, 0.15) is 11.6 Å². The molecule has 0 fully saturated rings. The van der Waals surface area contributed by atoms with Crippen LogP contribution in [0.25, 0.3) is 11.3 Å². The summed E-state index contributed by atoms with van der Waals surface area (Å²) in [7, 11) is 3.38. The van der Waals surface area contributed by atoms with E-state index in [1.54, 1.807) is 37.3 Å². The van der Waals surface area contributed by atoms with E-state index in [-0.39, 0.29) is 24.2 Å². The number of methoxy groups -OCH3 is 1. The molecule has 1 aromatic heterocycles. The number of ether oxygens (including phenoxy) is 1. The van der Waals surface area contributed by atoms with Gasteiger partial charge in [-0.2, -0.15) is 0 Å². The van der Waals surface area contributed by atoms with Crippen molar-refractivity contribution >= 4 is 5.91 Å². The summed E-state index contributed by atoms with van der Waals surface area (Å²) >= 11 is 0. The van der Waals surface area contributed by atoms with E-state index < -0.39 is 0 Å². The third kappa shape index (κ3) is 4.22. The highest BCUT2D eigenvalue weighted by Crippen LogP contribution is 2.29. The third-order valence-electron chi connectivity index (χ3n) is 4.81. The minimum Gasteiger partial charge on any atom is -0.496 e. The first-order chi connectivity index (χ1) is 13.5. The predicted molar refractivity (Wildman–Crippen MR) is 104 cm³/mol. The van der Waals surface area contributed by atoms with Crippen molar-refractivity contribution in [3.63, 3.8) is 0 Å². The quantitative estimate of drug-likeness (QED) is 0.597. The monoisotopic (exact) mass is 382 g/mol. The molecule has 0 aliphatic rings. The van der Waals surface area contributed by atoms with Crippen LogP contribution in [0.1, 0.15) is 30.8 Å². The van der Waals surface area contributed by atoms with Crippen molar-refractivity contribution in [1.82, 2.24) is 9.88 Å². The van der Waals surface area contributed by atoms with Crippen LogP contribution in [0.2, 0.25) is 0 Å². The van der Waals surface area contributed by atoms with Crippen LogP contribution in [0.4, 0.5) is 4.39 Å². The number of para-hydroxylation sites is 1. The van der Waals surface area contributed by atoms with Crippen LogP contribution in [-0.2, 0) is 11.2 Å². The van der Waals surface area contributed by atoms with Crippen LogP contribution >= 0.6 is 0 Å². The van der Waals surface area contributed by atoms with Crippen molar-refractivity contribution in [2.24, 2.45) is 0 Å². The Balaban J connectivity index is 1.63. The predicted octanol–water partition coefficient (Wildman–Crippen LogP) is 4.64. The van der Waals surface area contributed by atoms with Gasteiger partial charge in [0.25, 0.3) is 0 Å². The second-order valence-corrected chi connectivity index (χ2v) is 6.52. The number of rotatable bonds is 7. The molecule has 0 spiro atoms. The molecule has 0 N–H and O–H groups in total. The number of aryl methyl sites for hydroxylation is 1. The molecule has 1 amide bonds. The van der Waals surface area contributed by atoms with Gasteiger partial charge in [0.05, 0.1) is 24.9 Å². The van der Waals surface area contributed by atoms with Gasteiger partial charge >= 0.3 is 0 Å². The van der Waals surface area contributed by atoms with Crippen molar-refractivity contribution in [2.75, 3.05) is 14.2 Å². The van der Waals surface area contributed by atoms with Crippen molar-refractivity contribution in [2.45, 2.75) is 25.8 Å². The van der Waals surface area contributed by atoms with Crippen molar-refractivity contribution in [3.8, 4) is 17.1 Å². The number of oxazole rings is 1. The number of carbonyl (C=O) groups is 1. The molecule has 2 aromatic carbocycles. The summed E-state index contributed by atoms with van der Waals surface area (Å²) < 4.78 is 24.9. The van der Waals surface area contributed by atoms with E-state index in [1.807, 2.05) is 31.2 Å². The van der Waals surface area contributed by atoms with Crippen molar-refractivity contribution < 1.29 is 18.3 Å². The van der Waals surface area contributed by atoms with Crippen LogP contribution in [0.5, 0.6) is 5.75 Å². The third-order valence-corrected chi connectivity index (χ3v) is 4.81. The molecule has 28 heavy (non-hydrogen) atoms. The Bertz CT molecular complexity index is 954. The first-order valence-corrected chi connectivity index (χ1v) is 9.09. The maximum atomic E-state index is 13.9. The molecule has 0 aliphatic heterocycles. The molecule has 0 aliphatic carbocycles. The molecule has 0 radical (unpaired) electrons. The number of carbonyl (C=O) groups excluding carboxylic acids is 1. The first-order valence-electron chi connectivity index (χ1n) is 9.09. The van der Waals surface area contributed by atoms with Gasteiger partial charge in [0, 0.05) is 25.5 Å². The lowest BCUT2D eigenvalue weighted by Gasteiger charge is -2.26. The maximum Gasteiger partial charge on any atom is 0.223 e. The van der Waals surface area contributed by atoms with Gasteiger partial charge in [-0.3, -0.25) is 4.79 Å². The van der Waals surface area contributed by atoms with E-state index in [0.717, 1.165) is 11.3 Å². The minimum atomic E-state index is -0.369. The fourth-order valence-corrected chi connectivity index (χ4v) is 3.04. The zero-order valence-corrected chi connectivity index (χ0v) is 16.2. The largest absolute Gasteiger partial charge is 0.496 e. The zero-order chi connectivity index (χ0) is 20.1. The molecule has 146 valence electrons. The van der Waals surface area contributed by atoms with Gasteiger partial charge in [-0.25, -0.2) is 9.37 Å². The first kappa shape index (κ1) is 19.6. The Labute approximate surface area is 163 Å². The molecule has 1 atom stereocenters. The number of aromatic nitrogens is 1. The van der Waals surface area contributed by atoms with Gasteiger partial charge in [-0.05, 0) is 25.1 Å². The van der Waals surface area contributed by atoms with Gasteiger partial charge in [0.2, 0.25) is 5.91 Å².